The minimum absolute atomic E-state index is 0.0208. The number of carbonyl (C=O) groups is 3. The molecule has 1 aromatic heterocycles. The summed E-state index contributed by atoms with van der Waals surface area (Å²) in [4.78, 5) is 46.1. The van der Waals surface area contributed by atoms with Gasteiger partial charge in [0, 0.05) is 29.7 Å². The fourth-order valence-electron chi connectivity index (χ4n) is 6.86. The Morgan fingerprint density at radius 1 is 1.18 bits per heavy atom. The van der Waals surface area contributed by atoms with Crippen LogP contribution in [0, 0.1) is 23.1 Å². The number of hydrogen-bond acceptors (Lipinski definition) is 6. The van der Waals surface area contributed by atoms with E-state index in [0.29, 0.717) is 31.1 Å². The molecule has 0 radical (unpaired) electrons. The fourth-order valence-corrected chi connectivity index (χ4v) is 6.86. The zero-order valence-corrected chi connectivity index (χ0v) is 26.2. The predicted octanol–water partition coefficient (Wildman–Crippen LogP) is 6.53. The van der Waals surface area contributed by atoms with Gasteiger partial charge < -0.3 is 19.7 Å². The van der Waals surface area contributed by atoms with Crippen LogP contribution >= 0.6 is 0 Å². The Hall–Kier alpha value is -3.37. The Balaban J connectivity index is 1.60. The lowest BCUT2D eigenvalue weighted by molar-refractivity contribution is -0.141. The van der Waals surface area contributed by atoms with E-state index in [9.17, 15) is 18.8 Å². The van der Waals surface area contributed by atoms with Crippen molar-refractivity contribution in [3.8, 4) is 5.88 Å². The van der Waals surface area contributed by atoms with Crippen LogP contribution in [0.5, 0.6) is 5.88 Å². The van der Waals surface area contributed by atoms with Crippen molar-refractivity contribution < 1.29 is 37.0 Å². The second-order valence-electron chi connectivity index (χ2n) is 13.9. The van der Waals surface area contributed by atoms with Gasteiger partial charge in [-0.3, -0.25) is 9.59 Å². The molecule has 0 spiro atoms. The van der Waals surface area contributed by atoms with Gasteiger partial charge in [-0.05, 0) is 63.1 Å². The summed E-state index contributed by atoms with van der Waals surface area (Å²) in [5.41, 5.74) is -1.73. The van der Waals surface area contributed by atoms with Crippen molar-refractivity contribution in [3.05, 3.63) is 35.6 Å². The summed E-state index contributed by atoms with van der Waals surface area (Å²) < 4.78 is 58.1. The normalized spacial score (nSPS) is 31.1. The number of pyridine rings is 1. The average Bonchev–Trinajstić information content (AvgIpc) is 3.40. The van der Waals surface area contributed by atoms with Crippen LogP contribution in [0.15, 0.2) is 24.3 Å². The first-order valence-corrected chi connectivity index (χ1v) is 15.5. The first-order chi connectivity index (χ1) is 20.5. The Labute approximate surface area is 256 Å². The van der Waals surface area contributed by atoms with E-state index in [2.05, 4.69) is 10.3 Å². The lowest BCUT2D eigenvalue weighted by Gasteiger charge is -2.35. The lowest BCUT2D eigenvalue weighted by atomic mass is 9.85. The smallest absolute Gasteiger partial charge is 0.408 e. The molecule has 2 aliphatic heterocycles. The first-order valence-electron chi connectivity index (χ1n) is 15.5. The molecule has 11 heteroatoms. The van der Waals surface area contributed by atoms with Gasteiger partial charge in [0.1, 0.15) is 23.6 Å². The van der Waals surface area contributed by atoms with Gasteiger partial charge in [0.2, 0.25) is 11.8 Å². The monoisotopic (exact) mass is 617 g/mol. The lowest BCUT2D eigenvalue weighted by Crippen LogP contribution is -2.57. The molecule has 1 saturated carbocycles. The number of ether oxygens (including phenoxy) is 2. The van der Waals surface area contributed by atoms with Crippen LogP contribution in [-0.4, -0.2) is 58.0 Å². The summed E-state index contributed by atoms with van der Waals surface area (Å²) in [6, 6.07) is 3.12. The standard InChI is InChI=1S/C33H42F3N3O5/c1-7-22-25-17-39(26(22)18(2)40)29(41)27(31(3,4)5)38-30(42)44-32(6)16-20(32)10-8-9-13-33(35,36)23-14-19-11-12-21(34)15-24(19)37-28(23)43-25/h11-12,14-15,20,22,25-27H,7-10,13,16-17H2,1-6H3,(H,38,42)/t20-,22-,25+,26-,27-,32-/m1/s1. The topological polar surface area (TPSA) is 97.8 Å². The number of ketones is 1. The number of nitrogens with one attached hydrogen (secondary N) is 1. The molecule has 1 aliphatic carbocycles. The maximum absolute atomic E-state index is 16.0. The molecule has 0 unspecified atom stereocenters. The molecule has 6 atom stereocenters. The number of aromatic nitrogens is 1. The third-order valence-electron chi connectivity index (χ3n) is 9.52. The Kier molecular flexibility index (Phi) is 8.39. The van der Waals surface area contributed by atoms with E-state index in [-0.39, 0.29) is 36.1 Å². The van der Waals surface area contributed by atoms with E-state index in [1.54, 1.807) is 20.8 Å². The zero-order chi connectivity index (χ0) is 32.2. The quantitative estimate of drug-likeness (QED) is 0.412. The van der Waals surface area contributed by atoms with E-state index in [1.807, 2.05) is 13.8 Å². The molecule has 2 bridgehead atoms. The molecule has 3 aliphatic rings. The van der Waals surface area contributed by atoms with Crippen LogP contribution in [-0.2, 0) is 20.2 Å². The number of amides is 2. The van der Waals surface area contributed by atoms with Crippen LogP contribution in [0.2, 0.25) is 0 Å². The van der Waals surface area contributed by atoms with E-state index in [0.717, 1.165) is 6.07 Å². The highest BCUT2D eigenvalue weighted by molar-refractivity contribution is 5.92. The summed E-state index contributed by atoms with van der Waals surface area (Å²) in [5, 5.41) is 3.12. The number of carbonyl (C=O) groups excluding carboxylic acids is 3. The van der Waals surface area contributed by atoms with Crippen LogP contribution in [0.25, 0.3) is 10.9 Å². The number of alkyl carbamates (subject to hydrolysis) is 1. The maximum Gasteiger partial charge on any atom is 0.408 e. The van der Waals surface area contributed by atoms with Crippen LogP contribution < -0.4 is 10.1 Å². The second kappa shape index (κ2) is 11.5. The number of alkyl halides is 2. The van der Waals surface area contributed by atoms with Crippen molar-refractivity contribution in [1.82, 2.24) is 15.2 Å². The van der Waals surface area contributed by atoms with E-state index in [1.165, 1.54) is 30.0 Å². The number of halogens is 3. The van der Waals surface area contributed by atoms with Crippen LogP contribution in [0.1, 0.15) is 85.6 Å². The van der Waals surface area contributed by atoms with Crippen molar-refractivity contribution in [3.63, 3.8) is 0 Å². The van der Waals surface area contributed by atoms with Gasteiger partial charge in [-0.25, -0.2) is 22.9 Å². The predicted molar refractivity (Wildman–Crippen MR) is 158 cm³/mol. The minimum Gasteiger partial charge on any atom is -0.472 e. The molecular formula is C33H42F3N3O5. The molecule has 2 aromatic rings. The molecule has 1 N–H and O–H groups in total. The highest BCUT2D eigenvalue weighted by atomic mass is 19.3. The molecule has 2 fully saturated rings. The van der Waals surface area contributed by atoms with Gasteiger partial charge in [0.15, 0.2) is 5.78 Å². The number of benzene rings is 1. The number of hydrogen-bond donors (Lipinski definition) is 1. The van der Waals surface area contributed by atoms with Crippen molar-refractivity contribution in [2.75, 3.05) is 6.54 Å². The van der Waals surface area contributed by atoms with E-state index >= 15 is 8.78 Å². The van der Waals surface area contributed by atoms with Gasteiger partial charge in [0.05, 0.1) is 23.7 Å². The van der Waals surface area contributed by atoms with Crippen molar-refractivity contribution in [1.29, 1.82) is 0 Å². The molecule has 2 amide bonds. The average molecular weight is 618 g/mol. The Bertz CT molecular complexity index is 1460. The second-order valence-corrected chi connectivity index (χ2v) is 13.9. The summed E-state index contributed by atoms with van der Waals surface area (Å²) in [6.45, 7) is 10.4. The summed E-state index contributed by atoms with van der Waals surface area (Å²) in [7, 11) is 0. The molecule has 240 valence electrons. The van der Waals surface area contributed by atoms with Crippen molar-refractivity contribution >= 4 is 28.7 Å². The number of nitrogens with zero attached hydrogens (tertiary/aromatic N) is 2. The molecule has 1 saturated heterocycles. The summed E-state index contributed by atoms with van der Waals surface area (Å²) in [5.74, 6) is -5.51. The van der Waals surface area contributed by atoms with Crippen LogP contribution in [0.4, 0.5) is 18.0 Å². The highest BCUT2D eigenvalue weighted by Crippen LogP contribution is 2.50. The van der Waals surface area contributed by atoms with Crippen molar-refractivity contribution in [2.24, 2.45) is 17.3 Å². The first kappa shape index (κ1) is 32.0. The summed E-state index contributed by atoms with van der Waals surface area (Å²) in [6.07, 6.45) is 0.285. The maximum atomic E-state index is 16.0. The SMILES string of the molecule is CC[C@@H]1[C@@H]2CN(C(=O)[C@H](C(C)(C)C)NC(=O)O[C@]3(C)C[C@H]3CCCCC(F)(F)c3cc4ccc(F)cc4nc3O2)[C@@H]1C(C)=O. The van der Waals surface area contributed by atoms with Crippen molar-refractivity contribution in [2.45, 2.75) is 110 Å². The Morgan fingerprint density at radius 3 is 2.57 bits per heavy atom. The van der Waals surface area contributed by atoms with Gasteiger partial charge >= 0.3 is 6.09 Å². The Morgan fingerprint density at radius 2 is 1.91 bits per heavy atom. The van der Waals surface area contributed by atoms with Gasteiger partial charge in [-0.1, -0.05) is 34.1 Å². The fraction of sp³-hybridized carbons (Fsp3) is 0.636. The number of fused-ring (bicyclic) bond motifs is 5. The minimum atomic E-state index is -3.31. The van der Waals surface area contributed by atoms with Gasteiger partial charge in [-0.15, -0.1) is 0 Å². The molecule has 8 nitrogen and oxygen atoms in total. The molecule has 3 heterocycles. The highest BCUT2D eigenvalue weighted by Gasteiger charge is 2.55. The molecular weight excluding hydrogens is 575 g/mol. The van der Waals surface area contributed by atoms with E-state index in [4.69, 9.17) is 9.47 Å². The molecule has 1 aromatic carbocycles. The number of rotatable bonds is 2. The molecule has 5 rings (SSSR count). The van der Waals surface area contributed by atoms with Gasteiger partial charge in [-0.2, -0.15) is 0 Å². The number of Topliss-reactive ketones (excluding diaryl/α,β-unsaturated/α-hetero) is 1. The third kappa shape index (κ3) is 6.24. The third-order valence-corrected chi connectivity index (χ3v) is 9.52. The largest absolute Gasteiger partial charge is 0.472 e. The van der Waals surface area contributed by atoms with Crippen LogP contribution in [0.3, 0.4) is 0 Å². The van der Waals surface area contributed by atoms with E-state index < -0.39 is 70.8 Å². The zero-order valence-electron chi connectivity index (χ0n) is 26.2. The van der Waals surface area contributed by atoms with Gasteiger partial charge in [0.25, 0.3) is 5.92 Å². The molecule has 44 heavy (non-hydrogen) atoms. The summed E-state index contributed by atoms with van der Waals surface area (Å²) >= 11 is 0.